The predicted molar refractivity (Wildman–Crippen MR) is 84.5 cm³/mol. The number of benzene rings is 1. The van der Waals surface area contributed by atoms with Crippen molar-refractivity contribution in [3.8, 4) is 23.1 Å². The topological polar surface area (TPSA) is 85.0 Å². The molecule has 120 valence electrons. The number of aryl methyl sites for hydroxylation is 1. The number of methoxy groups -OCH3 is 1. The molecule has 2 heterocycles. The molecule has 0 unspecified atom stereocenters. The Morgan fingerprint density at radius 2 is 1.91 bits per heavy atom. The van der Waals surface area contributed by atoms with Crippen LogP contribution in [0.2, 0.25) is 0 Å². The minimum absolute atomic E-state index is 0.214. The van der Waals surface area contributed by atoms with Crippen LogP contribution in [0, 0.1) is 0 Å². The highest BCUT2D eigenvalue weighted by molar-refractivity contribution is 5.77. The van der Waals surface area contributed by atoms with Gasteiger partial charge in [-0.2, -0.15) is 0 Å². The van der Waals surface area contributed by atoms with E-state index in [-0.39, 0.29) is 5.52 Å². The van der Waals surface area contributed by atoms with E-state index in [4.69, 9.17) is 4.74 Å². The van der Waals surface area contributed by atoms with E-state index in [2.05, 4.69) is 9.97 Å². The van der Waals surface area contributed by atoms with Crippen molar-refractivity contribution in [3.05, 3.63) is 34.6 Å². The van der Waals surface area contributed by atoms with E-state index in [1.807, 2.05) is 35.8 Å². The lowest BCUT2D eigenvalue weighted by Crippen LogP contribution is -2.22. The smallest absolute Gasteiger partial charge is 0.280 e. The Kier molecular flexibility index (Phi) is 3.77. The summed E-state index contributed by atoms with van der Waals surface area (Å²) in [7, 11) is 3.01. The van der Waals surface area contributed by atoms with Gasteiger partial charge in [-0.25, -0.2) is 9.97 Å². The van der Waals surface area contributed by atoms with Crippen molar-refractivity contribution < 1.29 is 9.84 Å². The Morgan fingerprint density at radius 1 is 1.22 bits per heavy atom. The molecule has 7 nitrogen and oxygen atoms in total. The molecular weight excluding hydrogens is 296 g/mol. The van der Waals surface area contributed by atoms with Crippen LogP contribution >= 0.6 is 0 Å². The Balaban J connectivity index is 2.28. The number of fused-ring (bicyclic) bond motifs is 1. The highest BCUT2D eigenvalue weighted by atomic mass is 16.5. The first-order valence-electron chi connectivity index (χ1n) is 7.35. The molecule has 0 aliphatic carbocycles. The van der Waals surface area contributed by atoms with Crippen molar-refractivity contribution >= 4 is 11.2 Å². The maximum absolute atomic E-state index is 12.3. The van der Waals surface area contributed by atoms with Crippen molar-refractivity contribution in [2.75, 3.05) is 7.11 Å². The summed E-state index contributed by atoms with van der Waals surface area (Å²) in [6, 6.07) is 6.83. The van der Waals surface area contributed by atoms with E-state index < -0.39 is 11.6 Å². The zero-order valence-corrected chi connectivity index (χ0v) is 13.2. The van der Waals surface area contributed by atoms with Crippen molar-refractivity contribution in [3.63, 3.8) is 0 Å². The van der Waals surface area contributed by atoms with E-state index in [0.717, 1.165) is 22.3 Å². The molecule has 0 aliphatic heterocycles. The number of aromatic nitrogens is 4. The van der Waals surface area contributed by atoms with Crippen LogP contribution in [0.1, 0.15) is 13.3 Å². The standard InChI is InChI=1S/C16H18N4O3/c1-4-9-20-13(10-5-7-11(23-3)8-6-10)17-12-14(20)18-16(22)19(2)15(12)21/h5-8H,4,9H2,1-3H3,(H,18,22)/p-1. The lowest BCUT2D eigenvalue weighted by atomic mass is 10.2. The Morgan fingerprint density at radius 3 is 2.52 bits per heavy atom. The second kappa shape index (κ2) is 5.75. The van der Waals surface area contributed by atoms with Crippen LogP contribution in [-0.2, 0) is 13.6 Å². The SMILES string of the molecule is CCCn1c(-c2ccc(OC)cc2)nc2c(=O)n(C)c([O-])nc21. The molecule has 0 radical (unpaired) electrons. The average molecular weight is 313 g/mol. The van der Waals surface area contributed by atoms with Crippen LogP contribution in [0.3, 0.4) is 0 Å². The quantitative estimate of drug-likeness (QED) is 0.724. The van der Waals surface area contributed by atoms with Crippen molar-refractivity contribution in [2.24, 2.45) is 7.05 Å². The molecule has 0 N–H and O–H groups in total. The summed E-state index contributed by atoms with van der Waals surface area (Å²) in [4.78, 5) is 20.7. The monoisotopic (exact) mass is 313 g/mol. The van der Waals surface area contributed by atoms with Crippen LogP contribution in [0.25, 0.3) is 22.6 Å². The molecule has 0 saturated carbocycles. The van der Waals surface area contributed by atoms with E-state index in [0.29, 0.717) is 18.0 Å². The van der Waals surface area contributed by atoms with Gasteiger partial charge in [0.2, 0.25) is 0 Å². The molecule has 3 rings (SSSR count). The van der Waals surface area contributed by atoms with E-state index in [9.17, 15) is 9.90 Å². The Labute approximate surface area is 132 Å². The Bertz CT molecular complexity index is 910. The van der Waals surface area contributed by atoms with Crippen molar-refractivity contribution in [1.82, 2.24) is 19.1 Å². The molecule has 3 aromatic rings. The number of rotatable bonds is 4. The maximum atomic E-state index is 12.3. The number of hydrogen-bond donors (Lipinski definition) is 0. The lowest BCUT2D eigenvalue weighted by molar-refractivity contribution is -0.285. The molecule has 0 aliphatic rings. The molecular formula is C16H17N4O3-. The van der Waals surface area contributed by atoms with Crippen LogP contribution in [0.15, 0.2) is 29.1 Å². The zero-order chi connectivity index (χ0) is 16.6. The van der Waals surface area contributed by atoms with Crippen molar-refractivity contribution in [1.29, 1.82) is 0 Å². The number of ether oxygens (including phenoxy) is 1. The summed E-state index contributed by atoms with van der Waals surface area (Å²) in [5.41, 5.74) is 0.966. The fourth-order valence-electron chi connectivity index (χ4n) is 2.51. The normalized spacial score (nSPS) is 11.1. The molecule has 0 bridgehead atoms. The first-order valence-corrected chi connectivity index (χ1v) is 7.35. The van der Waals surface area contributed by atoms with Crippen LogP contribution < -0.4 is 15.4 Å². The van der Waals surface area contributed by atoms with Gasteiger partial charge in [-0.1, -0.05) is 6.92 Å². The lowest BCUT2D eigenvalue weighted by Gasteiger charge is -2.11. The minimum Gasteiger partial charge on any atom is -0.846 e. The molecule has 0 atom stereocenters. The summed E-state index contributed by atoms with van der Waals surface area (Å²) in [6.45, 7) is 2.64. The number of imidazole rings is 1. The first kappa shape index (κ1) is 15.1. The zero-order valence-electron chi connectivity index (χ0n) is 13.2. The fraction of sp³-hybridized carbons (Fsp3) is 0.312. The molecule has 23 heavy (non-hydrogen) atoms. The summed E-state index contributed by atoms with van der Waals surface area (Å²) in [5, 5.41) is 11.8. The summed E-state index contributed by atoms with van der Waals surface area (Å²) >= 11 is 0. The third-order valence-electron chi connectivity index (χ3n) is 3.73. The third-order valence-corrected chi connectivity index (χ3v) is 3.73. The van der Waals surface area contributed by atoms with Gasteiger partial charge in [0.15, 0.2) is 11.2 Å². The number of hydrogen-bond acceptors (Lipinski definition) is 5. The largest absolute Gasteiger partial charge is 0.846 e. The van der Waals surface area contributed by atoms with Crippen molar-refractivity contribution in [2.45, 2.75) is 19.9 Å². The van der Waals surface area contributed by atoms with Gasteiger partial charge in [0.05, 0.1) is 13.1 Å². The summed E-state index contributed by atoms with van der Waals surface area (Å²) in [5.74, 6) is 1.36. The second-order valence-corrected chi connectivity index (χ2v) is 5.25. The van der Waals surface area contributed by atoms with Gasteiger partial charge < -0.3 is 19.0 Å². The second-order valence-electron chi connectivity index (χ2n) is 5.25. The molecule has 0 spiro atoms. The molecule has 0 fully saturated rings. The van der Waals surface area contributed by atoms with E-state index in [1.54, 1.807) is 7.11 Å². The molecule has 0 amide bonds. The van der Waals surface area contributed by atoms with E-state index in [1.165, 1.54) is 7.05 Å². The highest BCUT2D eigenvalue weighted by Crippen LogP contribution is 2.25. The Hall–Kier alpha value is -2.83. The first-order chi connectivity index (χ1) is 11.1. The van der Waals surface area contributed by atoms with Crippen LogP contribution in [-0.4, -0.2) is 26.2 Å². The van der Waals surface area contributed by atoms with Gasteiger partial charge in [-0.3, -0.25) is 4.79 Å². The van der Waals surface area contributed by atoms with E-state index >= 15 is 0 Å². The van der Waals surface area contributed by atoms with Gasteiger partial charge in [0.1, 0.15) is 11.6 Å². The van der Waals surface area contributed by atoms with Gasteiger partial charge in [0, 0.05) is 19.2 Å². The van der Waals surface area contributed by atoms with Gasteiger partial charge >= 0.3 is 0 Å². The summed E-state index contributed by atoms with van der Waals surface area (Å²) < 4.78 is 7.95. The van der Waals surface area contributed by atoms with Gasteiger partial charge in [-0.05, 0) is 30.7 Å². The molecule has 1 aromatic carbocycles. The number of nitrogens with zero attached hydrogens (tertiary/aromatic N) is 4. The highest BCUT2D eigenvalue weighted by Gasteiger charge is 2.16. The third kappa shape index (κ3) is 2.44. The maximum Gasteiger partial charge on any atom is 0.280 e. The van der Waals surface area contributed by atoms with Gasteiger partial charge in [-0.15, -0.1) is 0 Å². The summed E-state index contributed by atoms with van der Waals surface area (Å²) in [6.07, 6.45) is 0.833. The van der Waals surface area contributed by atoms with Crippen LogP contribution in [0.5, 0.6) is 11.8 Å². The molecule has 0 saturated heterocycles. The molecule has 7 heteroatoms. The fourth-order valence-corrected chi connectivity index (χ4v) is 2.51. The van der Waals surface area contributed by atoms with Gasteiger partial charge in [0.25, 0.3) is 5.56 Å². The average Bonchev–Trinajstić information content (AvgIpc) is 2.92. The predicted octanol–water partition coefficient (Wildman–Crippen LogP) is 1.29. The minimum atomic E-state index is -0.568. The van der Waals surface area contributed by atoms with Crippen LogP contribution in [0.4, 0.5) is 0 Å². The molecule has 2 aromatic heterocycles.